The monoisotopic (exact) mass is 225 g/mol. The van der Waals surface area contributed by atoms with Crippen LogP contribution in [0.4, 0.5) is 0 Å². The number of halogens is 1. The van der Waals surface area contributed by atoms with Crippen LogP contribution in [0.3, 0.4) is 0 Å². The van der Waals surface area contributed by atoms with Crippen molar-refractivity contribution in [2.24, 2.45) is 5.73 Å². The Morgan fingerprint density at radius 2 is 2.38 bits per heavy atom. The normalized spacial score (nSPS) is 12.1. The summed E-state index contributed by atoms with van der Waals surface area (Å²) < 4.78 is 1.19. The van der Waals surface area contributed by atoms with Crippen molar-refractivity contribution in [2.75, 3.05) is 11.0 Å². The lowest BCUT2D eigenvalue weighted by Crippen LogP contribution is -1.99. The van der Waals surface area contributed by atoms with Crippen molar-refractivity contribution in [1.29, 1.82) is 0 Å². The molecule has 0 heterocycles. The summed E-state index contributed by atoms with van der Waals surface area (Å²) in [6.45, 7) is 2.77. The fourth-order valence-corrected chi connectivity index (χ4v) is 0.696. The van der Waals surface area contributed by atoms with Crippen molar-refractivity contribution in [3.05, 3.63) is 11.6 Å². The molecule has 0 aromatic rings. The molecule has 0 fully saturated rings. The van der Waals surface area contributed by atoms with Crippen molar-refractivity contribution in [3.8, 4) is 0 Å². The van der Waals surface area contributed by atoms with Gasteiger partial charge >= 0.3 is 0 Å². The molecule has 0 rings (SSSR count). The molecule has 0 atom stereocenters. The smallest absolute Gasteiger partial charge is 0.0134 e. The quantitative estimate of drug-likeness (QED) is 0.441. The van der Waals surface area contributed by atoms with E-state index in [9.17, 15) is 0 Å². The molecule has 0 saturated carbocycles. The summed E-state index contributed by atoms with van der Waals surface area (Å²) in [4.78, 5) is 0. The van der Waals surface area contributed by atoms with Gasteiger partial charge in [-0.15, -0.1) is 0 Å². The standard InChI is InChI=1S/C6H12IN/c1-6(5-8)3-2-4-7/h3H,2,4-5,8H2,1H3/b6-3-. The van der Waals surface area contributed by atoms with E-state index in [0.29, 0.717) is 6.54 Å². The van der Waals surface area contributed by atoms with Crippen molar-refractivity contribution >= 4 is 22.6 Å². The van der Waals surface area contributed by atoms with E-state index in [2.05, 4.69) is 35.6 Å². The molecule has 2 heteroatoms. The Kier molecular flexibility index (Phi) is 5.86. The fraction of sp³-hybridized carbons (Fsp3) is 0.667. The van der Waals surface area contributed by atoms with Crippen LogP contribution in [0.25, 0.3) is 0 Å². The summed E-state index contributed by atoms with van der Waals surface area (Å²) in [6.07, 6.45) is 3.34. The van der Waals surface area contributed by atoms with Gasteiger partial charge in [-0.05, 0) is 13.3 Å². The first-order valence-corrected chi connectivity index (χ1v) is 4.25. The zero-order valence-corrected chi connectivity index (χ0v) is 7.31. The highest BCUT2D eigenvalue weighted by atomic mass is 127. The minimum absolute atomic E-state index is 0.705. The van der Waals surface area contributed by atoms with Crippen molar-refractivity contribution in [2.45, 2.75) is 13.3 Å². The third-order valence-corrected chi connectivity index (χ3v) is 1.55. The van der Waals surface area contributed by atoms with Gasteiger partial charge in [0.1, 0.15) is 0 Å². The first kappa shape index (κ1) is 8.43. The van der Waals surface area contributed by atoms with Gasteiger partial charge in [-0.2, -0.15) is 0 Å². The highest BCUT2D eigenvalue weighted by Gasteiger charge is 1.80. The topological polar surface area (TPSA) is 26.0 Å². The molecule has 0 bridgehead atoms. The summed E-state index contributed by atoms with van der Waals surface area (Å²) in [7, 11) is 0. The highest BCUT2D eigenvalue weighted by molar-refractivity contribution is 14.1. The van der Waals surface area contributed by atoms with Crippen LogP contribution in [0.1, 0.15) is 13.3 Å². The molecule has 0 spiro atoms. The van der Waals surface area contributed by atoms with E-state index in [0.717, 1.165) is 6.42 Å². The predicted octanol–water partition coefficient (Wildman–Crippen LogP) is 1.72. The van der Waals surface area contributed by atoms with Gasteiger partial charge in [-0.3, -0.25) is 0 Å². The molecular weight excluding hydrogens is 213 g/mol. The number of nitrogens with two attached hydrogens (primary N) is 1. The largest absolute Gasteiger partial charge is 0.327 e. The minimum atomic E-state index is 0.705. The van der Waals surface area contributed by atoms with Gasteiger partial charge in [0.2, 0.25) is 0 Å². The Morgan fingerprint density at radius 3 is 2.75 bits per heavy atom. The van der Waals surface area contributed by atoms with E-state index in [-0.39, 0.29) is 0 Å². The van der Waals surface area contributed by atoms with Crippen LogP contribution < -0.4 is 5.73 Å². The molecule has 0 aliphatic rings. The van der Waals surface area contributed by atoms with Crippen LogP contribution >= 0.6 is 22.6 Å². The Labute approximate surface area is 64.5 Å². The maximum Gasteiger partial charge on any atom is 0.0134 e. The van der Waals surface area contributed by atoms with Gasteiger partial charge < -0.3 is 5.73 Å². The first-order chi connectivity index (χ1) is 3.81. The van der Waals surface area contributed by atoms with Gasteiger partial charge in [-0.1, -0.05) is 34.2 Å². The molecule has 8 heavy (non-hydrogen) atoms. The molecule has 1 nitrogen and oxygen atoms in total. The van der Waals surface area contributed by atoms with Gasteiger partial charge in [0.25, 0.3) is 0 Å². The summed E-state index contributed by atoms with van der Waals surface area (Å²) in [6, 6.07) is 0. The lowest BCUT2D eigenvalue weighted by Gasteiger charge is -1.90. The second-order valence-electron chi connectivity index (χ2n) is 1.73. The number of hydrogen-bond acceptors (Lipinski definition) is 1. The second-order valence-corrected chi connectivity index (χ2v) is 2.81. The van der Waals surface area contributed by atoms with Crippen LogP contribution in [-0.2, 0) is 0 Å². The summed E-state index contributed by atoms with van der Waals surface area (Å²) in [5.74, 6) is 0. The minimum Gasteiger partial charge on any atom is -0.327 e. The van der Waals surface area contributed by atoms with Gasteiger partial charge in [-0.25, -0.2) is 0 Å². The third-order valence-electron chi connectivity index (χ3n) is 0.924. The Morgan fingerprint density at radius 1 is 1.75 bits per heavy atom. The van der Waals surface area contributed by atoms with Crippen molar-refractivity contribution < 1.29 is 0 Å². The van der Waals surface area contributed by atoms with E-state index >= 15 is 0 Å². The molecule has 0 unspecified atom stereocenters. The summed E-state index contributed by atoms with van der Waals surface area (Å²) in [5.41, 5.74) is 6.64. The first-order valence-electron chi connectivity index (χ1n) is 2.73. The van der Waals surface area contributed by atoms with Crippen LogP contribution in [-0.4, -0.2) is 11.0 Å². The molecule has 2 N–H and O–H groups in total. The predicted molar refractivity (Wildman–Crippen MR) is 46.3 cm³/mol. The van der Waals surface area contributed by atoms with Crippen molar-refractivity contribution in [3.63, 3.8) is 0 Å². The van der Waals surface area contributed by atoms with E-state index in [4.69, 9.17) is 5.73 Å². The number of rotatable bonds is 3. The van der Waals surface area contributed by atoms with E-state index in [1.165, 1.54) is 10.0 Å². The maximum atomic E-state index is 5.34. The zero-order valence-electron chi connectivity index (χ0n) is 5.15. The molecule has 48 valence electrons. The zero-order chi connectivity index (χ0) is 6.41. The fourth-order valence-electron chi connectivity index (χ4n) is 0.384. The number of allylic oxidation sites excluding steroid dienone is 1. The van der Waals surface area contributed by atoms with Crippen LogP contribution in [0, 0.1) is 0 Å². The average molecular weight is 225 g/mol. The molecule has 0 amide bonds. The third kappa shape index (κ3) is 4.59. The van der Waals surface area contributed by atoms with Gasteiger partial charge in [0.05, 0.1) is 0 Å². The second kappa shape index (κ2) is 5.56. The van der Waals surface area contributed by atoms with Crippen LogP contribution in [0.2, 0.25) is 0 Å². The molecular formula is C6H12IN. The van der Waals surface area contributed by atoms with Crippen LogP contribution in [0.15, 0.2) is 11.6 Å². The summed E-state index contributed by atoms with van der Waals surface area (Å²) >= 11 is 2.35. The van der Waals surface area contributed by atoms with Crippen LogP contribution in [0.5, 0.6) is 0 Å². The average Bonchev–Trinajstić information content (AvgIpc) is 1.83. The SMILES string of the molecule is C/C(=C/CCI)CN. The molecule has 0 aliphatic carbocycles. The summed E-state index contributed by atoms with van der Waals surface area (Å²) in [5, 5.41) is 0. The number of hydrogen-bond donors (Lipinski definition) is 1. The molecule has 0 aromatic heterocycles. The highest BCUT2D eigenvalue weighted by Crippen LogP contribution is 1.94. The van der Waals surface area contributed by atoms with E-state index in [1.807, 2.05) is 0 Å². The number of alkyl halides is 1. The van der Waals surface area contributed by atoms with Crippen molar-refractivity contribution in [1.82, 2.24) is 0 Å². The Hall–Kier alpha value is 0.430. The maximum absolute atomic E-state index is 5.34. The van der Waals surface area contributed by atoms with E-state index in [1.54, 1.807) is 0 Å². The lowest BCUT2D eigenvalue weighted by molar-refractivity contribution is 1.10. The molecule has 0 aromatic carbocycles. The molecule has 0 radical (unpaired) electrons. The van der Waals surface area contributed by atoms with E-state index < -0.39 is 0 Å². The Balaban J connectivity index is 3.26. The Bertz CT molecular complexity index is 78.6. The molecule has 0 saturated heterocycles. The van der Waals surface area contributed by atoms with Gasteiger partial charge in [0.15, 0.2) is 0 Å². The molecule has 0 aliphatic heterocycles. The van der Waals surface area contributed by atoms with Gasteiger partial charge in [0, 0.05) is 11.0 Å². The lowest BCUT2D eigenvalue weighted by atomic mass is 10.2.